The molecule has 2 aromatic rings. The van der Waals surface area contributed by atoms with Gasteiger partial charge in [0.2, 0.25) is 5.88 Å². The molecule has 2 rings (SSSR count). The summed E-state index contributed by atoms with van der Waals surface area (Å²) >= 11 is 5.63. The molecule has 1 aromatic heterocycles. The van der Waals surface area contributed by atoms with Gasteiger partial charge in [-0.1, -0.05) is 16.8 Å². The summed E-state index contributed by atoms with van der Waals surface area (Å²) in [6, 6.07) is 5.26. The maximum Gasteiger partial charge on any atom is 0.250 e. The number of oxime groups is 1. The number of hydrogen-bond donors (Lipinski definition) is 2. The van der Waals surface area contributed by atoms with Crippen LogP contribution < -0.4 is 10.5 Å². The van der Waals surface area contributed by atoms with Crippen LogP contribution in [-0.4, -0.2) is 21.2 Å². The zero-order valence-corrected chi connectivity index (χ0v) is 10.2. The van der Waals surface area contributed by atoms with Gasteiger partial charge < -0.3 is 15.7 Å². The number of ether oxygens (including phenoxy) is 1. The first-order chi connectivity index (χ1) is 9.11. The van der Waals surface area contributed by atoms with E-state index < -0.39 is 5.82 Å². The molecular formula is C11H8ClFN4O2. The smallest absolute Gasteiger partial charge is 0.250 e. The lowest BCUT2D eigenvalue weighted by Crippen LogP contribution is -2.15. The average molecular weight is 283 g/mol. The van der Waals surface area contributed by atoms with E-state index >= 15 is 0 Å². The number of nitrogens with zero attached hydrogens (tertiary/aromatic N) is 3. The topological polar surface area (TPSA) is 93.6 Å². The van der Waals surface area contributed by atoms with Gasteiger partial charge in [-0.15, -0.1) is 5.10 Å². The quantitative estimate of drug-likeness (QED) is 0.389. The first-order valence-corrected chi connectivity index (χ1v) is 5.42. The lowest BCUT2D eigenvalue weighted by molar-refractivity contribution is 0.318. The Morgan fingerprint density at radius 1 is 1.42 bits per heavy atom. The molecule has 0 fully saturated rings. The second kappa shape index (κ2) is 5.49. The highest BCUT2D eigenvalue weighted by Gasteiger charge is 2.12. The fourth-order valence-corrected chi connectivity index (χ4v) is 1.47. The monoisotopic (exact) mass is 282 g/mol. The lowest BCUT2D eigenvalue weighted by atomic mass is 10.3. The maximum absolute atomic E-state index is 13.0. The third kappa shape index (κ3) is 2.89. The Bertz CT molecular complexity index is 636. The van der Waals surface area contributed by atoms with Crippen LogP contribution in [0, 0.1) is 5.82 Å². The molecule has 6 nitrogen and oxygen atoms in total. The second-order valence-corrected chi connectivity index (χ2v) is 3.82. The molecule has 0 atom stereocenters. The van der Waals surface area contributed by atoms with Crippen molar-refractivity contribution in [2.45, 2.75) is 0 Å². The van der Waals surface area contributed by atoms with Crippen LogP contribution in [0.4, 0.5) is 4.39 Å². The molecule has 0 bridgehead atoms. The van der Waals surface area contributed by atoms with Gasteiger partial charge in [0, 0.05) is 6.07 Å². The van der Waals surface area contributed by atoms with E-state index in [-0.39, 0.29) is 28.1 Å². The van der Waals surface area contributed by atoms with Gasteiger partial charge in [-0.3, -0.25) is 0 Å². The normalized spacial score (nSPS) is 11.4. The predicted molar refractivity (Wildman–Crippen MR) is 66.0 cm³/mol. The molecule has 98 valence electrons. The van der Waals surface area contributed by atoms with E-state index in [9.17, 15) is 4.39 Å². The van der Waals surface area contributed by atoms with Gasteiger partial charge in [0.05, 0.1) is 16.8 Å². The van der Waals surface area contributed by atoms with Crippen molar-refractivity contribution < 1.29 is 14.3 Å². The number of rotatable bonds is 3. The Morgan fingerprint density at radius 3 is 2.89 bits per heavy atom. The molecule has 0 saturated carbocycles. The Morgan fingerprint density at radius 2 is 2.21 bits per heavy atom. The van der Waals surface area contributed by atoms with Gasteiger partial charge in [0.1, 0.15) is 11.6 Å². The first-order valence-electron chi connectivity index (χ1n) is 5.04. The van der Waals surface area contributed by atoms with Crippen molar-refractivity contribution >= 4 is 17.4 Å². The third-order valence-corrected chi connectivity index (χ3v) is 2.47. The first kappa shape index (κ1) is 13.0. The van der Waals surface area contributed by atoms with Crippen molar-refractivity contribution in [2.75, 3.05) is 0 Å². The van der Waals surface area contributed by atoms with Gasteiger partial charge in [0.25, 0.3) is 0 Å². The summed E-state index contributed by atoms with van der Waals surface area (Å²) < 4.78 is 18.4. The molecule has 0 aliphatic rings. The molecule has 1 aromatic carbocycles. The van der Waals surface area contributed by atoms with Crippen LogP contribution in [0.15, 0.2) is 35.6 Å². The second-order valence-electron chi connectivity index (χ2n) is 3.41. The Hall–Kier alpha value is -2.41. The van der Waals surface area contributed by atoms with Gasteiger partial charge in [0.15, 0.2) is 5.84 Å². The predicted octanol–water partition coefficient (Wildman–Crippen LogP) is 2.16. The molecule has 19 heavy (non-hydrogen) atoms. The van der Waals surface area contributed by atoms with Crippen molar-refractivity contribution in [3.8, 4) is 11.6 Å². The molecule has 0 aliphatic carbocycles. The molecule has 0 saturated heterocycles. The summed E-state index contributed by atoms with van der Waals surface area (Å²) in [5, 5.41) is 18.7. The number of hydrogen-bond acceptors (Lipinski definition) is 5. The van der Waals surface area contributed by atoms with Crippen LogP contribution in [-0.2, 0) is 0 Å². The van der Waals surface area contributed by atoms with Crippen LogP contribution in [0.5, 0.6) is 11.6 Å². The largest absolute Gasteiger partial charge is 0.437 e. The summed E-state index contributed by atoms with van der Waals surface area (Å²) in [7, 11) is 0. The van der Waals surface area contributed by atoms with Crippen LogP contribution in [0.25, 0.3) is 0 Å². The van der Waals surface area contributed by atoms with E-state index in [1.165, 1.54) is 24.4 Å². The van der Waals surface area contributed by atoms with Gasteiger partial charge in [-0.25, -0.2) is 4.39 Å². The zero-order chi connectivity index (χ0) is 13.8. The minimum atomic E-state index is -0.565. The molecule has 0 spiro atoms. The van der Waals surface area contributed by atoms with Crippen molar-refractivity contribution in [2.24, 2.45) is 10.9 Å². The summed E-state index contributed by atoms with van der Waals surface area (Å²) in [6.45, 7) is 0. The molecule has 1 heterocycles. The van der Waals surface area contributed by atoms with Crippen molar-refractivity contribution in [1.29, 1.82) is 0 Å². The fraction of sp³-hybridized carbons (Fsp3) is 0. The Balaban J connectivity index is 2.35. The van der Waals surface area contributed by atoms with Crippen molar-refractivity contribution in [3.05, 3.63) is 46.9 Å². The van der Waals surface area contributed by atoms with E-state index in [1.807, 2.05) is 0 Å². The minimum Gasteiger partial charge on any atom is -0.437 e. The number of halogens is 2. The Kier molecular flexibility index (Phi) is 3.76. The molecule has 0 radical (unpaired) electrons. The number of benzene rings is 1. The van der Waals surface area contributed by atoms with Gasteiger partial charge in [-0.2, -0.15) is 5.10 Å². The molecule has 0 amide bonds. The molecular weight excluding hydrogens is 275 g/mol. The van der Waals surface area contributed by atoms with Gasteiger partial charge >= 0.3 is 0 Å². The SMILES string of the molecule is N/C(=N/O)c1ccnnc1Oc1ccc(F)c(Cl)c1. The summed E-state index contributed by atoms with van der Waals surface area (Å²) in [6.07, 6.45) is 1.36. The van der Waals surface area contributed by atoms with Crippen LogP contribution in [0.3, 0.4) is 0 Å². The average Bonchev–Trinajstić information content (AvgIpc) is 2.43. The third-order valence-electron chi connectivity index (χ3n) is 2.18. The fourth-order valence-electron chi connectivity index (χ4n) is 1.29. The summed E-state index contributed by atoms with van der Waals surface area (Å²) in [5.41, 5.74) is 5.72. The summed E-state index contributed by atoms with van der Waals surface area (Å²) in [5.74, 6) is -0.484. The lowest BCUT2D eigenvalue weighted by Gasteiger charge is -2.08. The molecule has 8 heteroatoms. The van der Waals surface area contributed by atoms with Crippen LogP contribution >= 0.6 is 11.6 Å². The van der Waals surface area contributed by atoms with E-state index in [0.717, 1.165) is 6.07 Å². The maximum atomic E-state index is 13.0. The number of nitrogens with two attached hydrogens (primary N) is 1. The van der Waals surface area contributed by atoms with E-state index in [1.54, 1.807) is 0 Å². The standard InChI is InChI=1S/C11H8ClFN4O2/c12-8-5-6(1-2-9(8)13)19-11-7(10(14)17-18)3-4-15-16-11/h1-5,18H,(H2,14,17). The highest BCUT2D eigenvalue weighted by atomic mass is 35.5. The Labute approximate surface area is 112 Å². The zero-order valence-electron chi connectivity index (χ0n) is 9.42. The molecule has 0 aliphatic heterocycles. The number of aromatic nitrogens is 2. The van der Waals surface area contributed by atoms with Crippen molar-refractivity contribution in [3.63, 3.8) is 0 Å². The minimum absolute atomic E-state index is 0.0143. The van der Waals surface area contributed by atoms with Gasteiger partial charge in [-0.05, 0) is 18.2 Å². The molecule has 3 N–H and O–H groups in total. The van der Waals surface area contributed by atoms with Crippen molar-refractivity contribution in [1.82, 2.24) is 10.2 Å². The van der Waals surface area contributed by atoms with E-state index in [4.69, 9.17) is 27.3 Å². The van der Waals surface area contributed by atoms with Crippen LogP contribution in [0.1, 0.15) is 5.56 Å². The summed E-state index contributed by atoms with van der Waals surface area (Å²) in [4.78, 5) is 0. The highest BCUT2D eigenvalue weighted by molar-refractivity contribution is 6.30. The highest BCUT2D eigenvalue weighted by Crippen LogP contribution is 2.26. The van der Waals surface area contributed by atoms with Crippen LogP contribution in [0.2, 0.25) is 5.02 Å². The van der Waals surface area contributed by atoms with E-state index in [0.29, 0.717) is 0 Å². The van der Waals surface area contributed by atoms with E-state index in [2.05, 4.69) is 15.4 Å². The number of amidine groups is 1. The molecule has 0 unspecified atom stereocenters.